The predicted octanol–water partition coefficient (Wildman–Crippen LogP) is 3.26. The Hall–Kier alpha value is -3.13. The quantitative estimate of drug-likeness (QED) is 0.779. The van der Waals surface area contributed by atoms with E-state index in [1.54, 1.807) is 13.0 Å². The zero-order valence-corrected chi connectivity index (χ0v) is 11.3. The minimum absolute atomic E-state index is 0.148. The lowest BCUT2D eigenvalue weighted by Gasteiger charge is -2.03. The van der Waals surface area contributed by atoms with E-state index in [0.29, 0.717) is 11.1 Å². The van der Waals surface area contributed by atoms with Gasteiger partial charge in [0.05, 0.1) is 11.8 Å². The van der Waals surface area contributed by atoms with Gasteiger partial charge in [-0.15, -0.1) is 0 Å². The third kappa shape index (κ3) is 2.35. The van der Waals surface area contributed by atoms with Gasteiger partial charge in [-0.1, -0.05) is 24.3 Å². The van der Waals surface area contributed by atoms with Crippen molar-refractivity contribution >= 4 is 22.7 Å². The van der Waals surface area contributed by atoms with Crippen LogP contribution in [0.25, 0.3) is 10.9 Å². The number of rotatable bonds is 2. The zero-order chi connectivity index (χ0) is 14.8. The second-order valence-electron chi connectivity index (χ2n) is 4.58. The summed E-state index contributed by atoms with van der Waals surface area (Å²) in [6.45, 7) is 1.74. The Balaban J connectivity index is 1.92. The maximum atomic E-state index is 12.2. The average Bonchev–Trinajstić information content (AvgIpc) is 2.86. The number of furan rings is 1. The number of nitrogens with one attached hydrogen (secondary N) is 1. The van der Waals surface area contributed by atoms with Crippen LogP contribution in [0.2, 0.25) is 0 Å². The SMILES string of the molecule is Cc1coc(NC(=O)c2ccc3ccccc3n2)c1C#N. The molecule has 2 heterocycles. The van der Waals surface area contributed by atoms with Crippen LogP contribution < -0.4 is 5.32 Å². The summed E-state index contributed by atoms with van der Waals surface area (Å²) in [6, 6.07) is 13.0. The summed E-state index contributed by atoms with van der Waals surface area (Å²) in [5, 5.41) is 12.6. The van der Waals surface area contributed by atoms with Crippen LogP contribution in [-0.4, -0.2) is 10.9 Å². The van der Waals surface area contributed by atoms with E-state index in [1.807, 2.05) is 36.4 Å². The maximum absolute atomic E-state index is 12.2. The van der Waals surface area contributed by atoms with Crippen molar-refractivity contribution in [3.05, 3.63) is 59.5 Å². The highest BCUT2D eigenvalue weighted by atomic mass is 16.3. The van der Waals surface area contributed by atoms with Gasteiger partial charge < -0.3 is 4.42 Å². The third-order valence-electron chi connectivity index (χ3n) is 3.14. The molecule has 5 nitrogen and oxygen atoms in total. The lowest BCUT2D eigenvalue weighted by molar-refractivity contribution is 0.102. The van der Waals surface area contributed by atoms with Crippen molar-refractivity contribution in [3.63, 3.8) is 0 Å². The van der Waals surface area contributed by atoms with Crippen molar-refractivity contribution < 1.29 is 9.21 Å². The van der Waals surface area contributed by atoms with Crippen LogP contribution in [0.5, 0.6) is 0 Å². The number of aryl methyl sites for hydroxylation is 1. The summed E-state index contributed by atoms with van der Waals surface area (Å²) < 4.78 is 5.18. The fraction of sp³-hybridized carbons (Fsp3) is 0.0625. The van der Waals surface area contributed by atoms with Crippen LogP contribution in [0, 0.1) is 18.3 Å². The van der Waals surface area contributed by atoms with Crippen LogP contribution in [0.15, 0.2) is 47.1 Å². The normalized spacial score (nSPS) is 10.3. The van der Waals surface area contributed by atoms with Crippen LogP contribution >= 0.6 is 0 Å². The van der Waals surface area contributed by atoms with Gasteiger partial charge in [0.1, 0.15) is 17.3 Å². The van der Waals surface area contributed by atoms with Gasteiger partial charge in [-0.25, -0.2) is 4.98 Å². The first-order valence-corrected chi connectivity index (χ1v) is 6.34. The lowest BCUT2D eigenvalue weighted by atomic mass is 10.2. The number of carbonyl (C=O) groups is 1. The van der Waals surface area contributed by atoms with E-state index in [2.05, 4.69) is 10.3 Å². The first kappa shape index (κ1) is 12.9. The molecule has 5 heteroatoms. The Kier molecular flexibility index (Phi) is 3.13. The molecule has 0 fully saturated rings. The Labute approximate surface area is 120 Å². The molecule has 0 saturated heterocycles. The van der Waals surface area contributed by atoms with Gasteiger partial charge >= 0.3 is 0 Å². The predicted molar refractivity (Wildman–Crippen MR) is 77.9 cm³/mol. The average molecular weight is 277 g/mol. The molecule has 0 bridgehead atoms. The number of anilines is 1. The molecular formula is C16H11N3O2. The molecule has 0 radical (unpaired) electrons. The topological polar surface area (TPSA) is 78.9 Å². The third-order valence-corrected chi connectivity index (χ3v) is 3.14. The minimum Gasteiger partial charge on any atom is -0.447 e. The molecule has 0 unspecified atom stereocenters. The first-order valence-electron chi connectivity index (χ1n) is 6.34. The molecule has 0 saturated carbocycles. The molecular weight excluding hydrogens is 266 g/mol. The van der Waals surface area contributed by atoms with Gasteiger partial charge in [0.15, 0.2) is 0 Å². The Morgan fingerprint density at radius 2 is 2.10 bits per heavy atom. The molecule has 0 aliphatic rings. The number of carbonyl (C=O) groups excluding carboxylic acids is 1. The van der Waals surface area contributed by atoms with E-state index in [-0.39, 0.29) is 11.6 Å². The Morgan fingerprint density at radius 1 is 1.29 bits per heavy atom. The number of para-hydroxylation sites is 1. The fourth-order valence-electron chi connectivity index (χ4n) is 2.03. The molecule has 0 atom stereocenters. The van der Waals surface area contributed by atoms with Gasteiger partial charge in [-0.05, 0) is 19.1 Å². The summed E-state index contributed by atoms with van der Waals surface area (Å²) in [7, 11) is 0. The van der Waals surface area contributed by atoms with Crippen LogP contribution in [0.3, 0.4) is 0 Å². The fourth-order valence-corrected chi connectivity index (χ4v) is 2.03. The van der Waals surface area contributed by atoms with Crippen molar-refractivity contribution in [2.24, 2.45) is 0 Å². The summed E-state index contributed by atoms with van der Waals surface area (Å²) in [4.78, 5) is 16.5. The van der Waals surface area contributed by atoms with E-state index >= 15 is 0 Å². The largest absolute Gasteiger partial charge is 0.447 e. The van der Waals surface area contributed by atoms with Gasteiger partial charge in [-0.3, -0.25) is 10.1 Å². The second-order valence-corrected chi connectivity index (χ2v) is 4.58. The maximum Gasteiger partial charge on any atom is 0.276 e. The van der Waals surface area contributed by atoms with Gasteiger partial charge in [0.2, 0.25) is 5.88 Å². The zero-order valence-electron chi connectivity index (χ0n) is 11.3. The molecule has 3 aromatic rings. The molecule has 1 aromatic carbocycles. The second kappa shape index (κ2) is 5.10. The molecule has 21 heavy (non-hydrogen) atoms. The monoisotopic (exact) mass is 277 g/mol. The van der Waals surface area contributed by atoms with E-state index < -0.39 is 5.91 Å². The van der Waals surface area contributed by atoms with E-state index in [4.69, 9.17) is 9.68 Å². The lowest BCUT2D eigenvalue weighted by Crippen LogP contribution is -2.13. The number of amides is 1. The molecule has 102 valence electrons. The van der Waals surface area contributed by atoms with Crippen LogP contribution in [-0.2, 0) is 0 Å². The number of benzene rings is 1. The minimum atomic E-state index is -0.411. The van der Waals surface area contributed by atoms with Crippen LogP contribution in [0.4, 0.5) is 5.88 Å². The van der Waals surface area contributed by atoms with Gasteiger partial charge in [0.25, 0.3) is 5.91 Å². The van der Waals surface area contributed by atoms with Crippen LogP contribution in [0.1, 0.15) is 21.6 Å². The number of pyridine rings is 1. The number of nitrogens with zero attached hydrogens (tertiary/aromatic N) is 2. The van der Waals surface area contributed by atoms with Gasteiger partial charge in [-0.2, -0.15) is 5.26 Å². The van der Waals surface area contributed by atoms with E-state index in [1.165, 1.54) is 6.26 Å². The van der Waals surface area contributed by atoms with Crippen molar-refractivity contribution in [1.29, 1.82) is 5.26 Å². The Morgan fingerprint density at radius 3 is 2.90 bits per heavy atom. The molecule has 0 spiro atoms. The highest BCUT2D eigenvalue weighted by molar-refractivity contribution is 6.04. The number of fused-ring (bicyclic) bond motifs is 1. The molecule has 1 amide bonds. The molecule has 2 aromatic heterocycles. The first-order chi connectivity index (χ1) is 10.2. The van der Waals surface area contributed by atoms with Crippen molar-refractivity contribution in [2.75, 3.05) is 5.32 Å². The smallest absolute Gasteiger partial charge is 0.276 e. The highest BCUT2D eigenvalue weighted by Crippen LogP contribution is 2.21. The number of hydrogen-bond acceptors (Lipinski definition) is 4. The summed E-state index contributed by atoms with van der Waals surface area (Å²) in [6.07, 6.45) is 1.43. The van der Waals surface area contributed by atoms with E-state index in [0.717, 1.165) is 10.9 Å². The molecule has 0 aliphatic carbocycles. The molecule has 0 aliphatic heterocycles. The number of nitriles is 1. The highest BCUT2D eigenvalue weighted by Gasteiger charge is 2.15. The summed E-state index contributed by atoms with van der Waals surface area (Å²) >= 11 is 0. The van der Waals surface area contributed by atoms with Gasteiger partial charge in [0, 0.05) is 10.9 Å². The van der Waals surface area contributed by atoms with Crippen molar-refractivity contribution in [3.8, 4) is 6.07 Å². The number of hydrogen-bond donors (Lipinski definition) is 1. The Bertz CT molecular complexity index is 875. The molecule has 1 N–H and O–H groups in total. The number of aromatic nitrogens is 1. The van der Waals surface area contributed by atoms with Crippen molar-refractivity contribution in [1.82, 2.24) is 4.98 Å². The van der Waals surface area contributed by atoms with E-state index in [9.17, 15) is 4.79 Å². The summed E-state index contributed by atoms with van der Waals surface area (Å²) in [5.41, 5.74) is 2.01. The summed E-state index contributed by atoms with van der Waals surface area (Å²) in [5.74, 6) is -0.262. The standard InChI is InChI=1S/C16H11N3O2/c1-10-9-21-16(12(10)8-17)19-15(20)14-7-6-11-4-2-3-5-13(11)18-14/h2-7,9H,1H3,(H,19,20). The van der Waals surface area contributed by atoms with Crippen molar-refractivity contribution in [2.45, 2.75) is 6.92 Å². The molecule has 3 rings (SSSR count).